The van der Waals surface area contributed by atoms with Gasteiger partial charge in [-0.25, -0.2) is 5.84 Å². The van der Waals surface area contributed by atoms with E-state index in [2.05, 4.69) is 17.4 Å². The molecule has 3 N–H and O–H groups in total. The Morgan fingerprint density at radius 1 is 1.65 bits per heavy atom. The molecule has 5 heteroatoms. The molecule has 2 rings (SSSR count). The SMILES string of the molecule is Cc1cc(CN(C)CC2CC2)oc1C(=O)NN. The van der Waals surface area contributed by atoms with E-state index in [1.807, 2.05) is 13.0 Å². The fourth-order valence-corrected chi connectivity index (χ4v) is 1.99. The number of hydrogen-bond acceptors (Lipinski definition) is 4. The number of nitrogens with one attached hydrogen (secondary N) is 1. The Kier molecular flexibility index (Phi) is 3.49. The standard InChI is InChI=1S/C12H19N3O2/c1-8-5-10(17-11(8)12(16)14-13)7-15(2)6-9-3-4-9/h5,9H,3-4,6-7,13H2,1-2H3,(H,14,16). The fourth-order valence-electron chi connectivity index (χ4n) is 1.99. The third-order valence-corrected chi connectivity index (χ3v) is 3.00. The van der Waals surface area contributed by atoms with Crippen molar-refractivity contribution in [1.29, 1.82) is 0 Å². The maximum absolute atomic E-state index is 11.4. The molecule has 0 unspecified atom stereocenters. The quantitative estimate of drug-likeness (QED) is 0.456. The number of nitrogens with two attached hydrogens (primary N) is 1. The van der Waals surface area contributed by atoms with Gasteiger partial charge < -0.3 is 4.42 Å². The number of aryl methyl sites for hydroxylation is 1. The minimum absolute atomic E-state index is 0.308. The van der Waals surface area contributed by atoms with E-state index in [0.717, 1.165) is 30.3 Å². The number of rotatable bonds is 5. The van der Waals surface area contributed by atoms with Crippen molar-refractivity contribution in [2.45, 2.75) is 26.3 Å². The van der Waals surface area contributed by atoms with Crippen molar-refractivity contribution in [3.05, 3.63) is 23.2 Å². The lowest BCUT2D eigenvalue weighted by Crippen LogP contribution is -2.30. The number of hydrazine groups is 1. The summed E-state index contributed by atoms with van der Waals surface area (Å²) in [6.07, 6.45) is 2.67. The van der Waals surface area contributed by atoms with Crippen LogP contribution in [-0.4, -0.2) is 24.4 Å². The molecule has 1 aliphatic carbocycles. The molecule has 1 saturated carbocycles. The molecule has 1 heterocycles. The second-order valence-electron chi connectivity index (χ2n) is 4.84. The first-order chi connectivity index (χ1) is 8.10. The summed E-state index contributed by atoms with van der Waals surface area (Å²) < 4.78 is 5.51. The smallest absolute Gasteiger partial charge is 0.301 e. The molecule has 0 aliphatic heterocycles. The first-order valence-corrected chi connectivity index (χ1v) is 5.89. The zero-order valence-corrected chi connectivity index (χ0v) is 10.3. The molecule has 94 valence electrons. The zero-order chi connectivity index (χ0) is 12.4. The molecule has 0 bridgehead atoms. The molecule has 0 aromatic carbocycles. The highest BCUT2D eigenvalue weighted by molar-refractivity contribution is 5.92. The van der Waals surface area contributed by atoms with E-state index >= 15 is 0 Å². The van der Waals surface area contributed by atoms with Crippen LogP contribution in [0, 0.1) is 12.8 Å². The maximum atomic E-state index is 11.4. The average Bonchev–Trinajstić information content (AvgIpc) is 3.00. The van der Waals surface area contributed by atoms with Gasteiger partial charge in [0.1, 0.15) is 5.76 Å². The van der Waals surface area contributed by atoms with E-state index in [4.69, 9.17) is 10.3 Å². The molecule has 1 aromatic rings. The predicted molar refractivity (Wildman–Crippen MR) is 64.2 cm³/mol. The van der Waals surface area contributed by atoms with Gasteiger partial charge in [-0.1, -0.05) is 0 Å². The lowest BCUT2D eigenvalue weighted by Gasteiger charge is -2.13. The highest BCUT2D eigenvalue weighted by Crippen LogP contribution is 2.29. The summed E-state index contributed by atoms with van der Waals surface area (Å²) in [6, 6.07) is 1.90. The van der Waals surface area contributed by atoms with Crippen LogP contribution in [0.2, 0.25) is 0 Å². The highest BCUT2D eigenvalue weighted by Gasteiger charge is 2.23. The van der Waals surface area contributed by atoms with Crippen LogP contribution in [0.25, 0.3) is 0 Å². The summed E-state index contributed by atoms with van der Waals surface area (Å²) in [5.41, 5.74) is 2.91. The first-order valence-electron chi connectivity index (χ1n) is 5.89. The molecule has 0 saturated heterocycles. The van der Waals surface area contributed by atoms with E-state index in [1.54, 1.807) is 0 Å². The summed E-state index contributed by atoms with van der Waals surface area (Å²) in [5, 5.41) is 0. The number of hydrogen-bond donors (Lipinski definition) is 2. The van der Waals surface area contributed by atoms with E-state index < -0.39 is 0 Å². The van der Waals surface area contributed by atoms with Crippen molar-refractivity contribution in [1.82, 2.24) is 10.3 Å². The van der Waals surface area contributed by atoms with Gasteiger partial charge in [-0.3, -0.25) is 15.1 Å². The lowest BCUT2D eigenvalue weighted by atomic mass is 10.2. The lowest BCUT2D eigenvalue weighted by molar-refractivity contribution is 0.0921. The van der Waals surface area contributed by atoms with Crippen molar-refractivity contribution in [3.63, 3.8) is 0 Å². The average molecular weight is 237 g/mol. The van der Waals surface area contributed by atoms with Gasteiger partial charge in [-0.05, 0) is 38.8 Å². The molecule has 5 nitrogen and oxygen atoms in total. The van der Waals surface area contributed by atoms with Gasteiger partial charge in [0.2, 0.25) is 0 Å². The van der Waals surface area contributed by atoms with Gasteiger partial charge in [-0.15, -0.1) is 0 Å². The molecule has 0 radical (unpaired) electrons. The summed E-state index contributed by atoms with van der Waals surface area (Å²) in [5.74, 6) is 6.68. The Morgan fingerprint density at radius 2 is 2.35 bits per heavy atom. The summed E-state index contributed by atoms with van der Waals surface area (Å²) in [4.78, 5) is 13.6. The maximum Gasteiger partial charge on any atom is 0.301 e. The Balaban J connectivity index is 1.98. The third kappa shape index (κ3) is 3.08. The van der Waals surface area contributed by atoms with Crippen LogP contribution in [-0.2, 0) is 6.54 Å². The van der Waals surface area contributed by atoms with Crippen LogP contribution in [0.15, 0.2) is 10.5 Å². The van der Waals surface area contributed by atoms with Crippen LogP contribution in [0.3, 0.4) is 0 Å². The van der Waals surface area contributed by atoms with Gasteiger partial charge in [0, 0.05) is 12.1 Å². The van der Waals surface area contributed by atoms with Crippen molar-refractivity contribution in [2.75, 3.05) is 13.6 Å². The topological polar surface area (TPSA) is 71.5 Å². The molecule has 1 amide bonds. The molecular weight excluding hydrogens is 218 g/mol. The number of carbonyl (C=O) groups is 1. The van der Waals surface area contributed by atoms with Crippen molar-refractivity contribution >= 4 is 5.91 Å². The number of nitrogen functional groups attached to an aromatic ring is 1. The van der Waals surface area contributed by atoms with Gasteiger partial charge in [0.15, 0.2) is 5.76 Å². The largest absolute Gasteiger partial charge is 0.454 e. The van der Waals surface area contributed by atoms with Crippen LogP contribution in [0.5, 0.6) is 0 Å². The minimum atomic E-state index is -0.376. The van der Waals surface area contributed by atoms with Crippen molar-refractivity contribution in [3.8, 4) is 0 Å². The summed E-state index contributed by atoms with van der Waals surface area (Å²) >= 11 is 0. The number of nitrogens with zero attached hydrogens (tertiary/aromatic N) is 1. The zero-order valence-electron chi connectivity index (χ0n) is 10.3. The van der Waals surface area contributed by atoms with Gasteiger partial charge >= 0.3 is 5.91 Å². The minimum Gasteiger partial charge on any atom is -0.454 e. The number of carbonyl (C=O) groups excluding carboxylic acids is 1. The second-order valence-corrected chi connectivity index (χ2v) is 4.84. The molecule has 0 spiro atoms. The molecule has 1 fully saturated rings. The number of amides is 1. The van der Waals surface area contributed by atoms with E-state index in [0.29, 0.717) is 5.76 Å². The van der Waals surface area contributed by atoms with E-state index in [-0.39, 0.29) is 5.91 Å². The molecule has 1 aliphatic rings. The van der Waals surface area contributed by atoms with Gasteiger partial charge in [0.05, 0.1) is 6.54 Å². The normalized spacial score (nSPS) is 15.3. The molecule has 0 atom stereocenters. The Bertz CT molecular complexity index is 410. The Morgan fingerprint density at radius 3 is 2.94 bits per heavy atom. The number of furan rings is 1. The van der Waals surface area contributed by atoms with Crippen LogP contribution in [0.1, 0.15) is 34.7 Å². The Labute approximate surface area is 101 Å². The fraction of sp³-hybridized carbons (Fsp3) is 0.583. The highest BCUT2D eigenvalue weighted by atomic mass is 16.4. The van der Waals surface area contributed by atoms with E-state index in [1.165, 1.54) is 12.8 Å². The second kappa shape index (κ2) is 4.89. The van der Waals surface area contributed by atoms with Crippen molar-refractivity contribution in [2.24, 2.45) is 11.8 Å². The summed E-state index contributed by atoms with van der Waals surface area (Å²) in [6.45, 7) is 3.67. The van der Waals surface area contributed by atoms with Crippen LogP contribution < -0.4 is 11.3 Å². The predicted octanol–water partition coefficient (Wildman–Crippen LogP) is 1.03. The molecule has 1 aromatic heterocycles. The summed E-state index contributed by atoms with van der Waals surface area (Å²) in [7, 11) is 2.07. The van der Waals surface area contributed by atoms with Gasteiger partial charge in [0.25, 0.3) is 0 Å². The molecular formula is C12H19N3O2. The molecule has 17 heavy (non-hydrogen) atoms. The third-order valence-electron chi connectivity index (χ3n) is 3.00. The Hall–Kier alpha value is -1.33. The van der Waals surface area contributed by atoms with Crippen molar-refractivity contribution < 1.29 is 9.21 Å². The van der Waals surface area contributed by atoms with Crippen LogP contribution >= 0.6 is 0 Å². The monoisotopic (exact) mass is 237 g/mol. The van der Waals surface area contributed by atoms with Crippen LogP contribution in [0.4, 0.5) is 0 Å². The van der Waals surface area contributed by atoms with Gasteiger partial charge in [-0.2, -0.15) is 0 Å². The first kappa shape index (κ1) is 12.1. The van der Waals surface area contributed by atoms with E-state index in [9.17, 15) is 4.79 Å².